The Morgan fingerprint density at radius 2 is 2.38 bits per heavy atom. The second-order valence-electron chi connectivity index (χ2n) is 6.21. The molecule has 0 aliphatic carbocycles. The number of piperidine rings is 1. The van der Waals surface area contributed by atoms with E-state index in [1.165, 1.54) is 17.1 Å². The highest BCUT2D eigenvalue weighted by Crippen LogP contribution is 2.24. The Bertz CT molecular complexity index is 698. The predicted molar refractivity (Wildman–Crippen MR) is 84.4 cm³/mol. The van der Waals surface area contributed by atoms with Gasteiger partial charge in [-0.15, -0.1) is 0 Å². The van der Waals surface area contributed by atoms with E-state index in [1.54, 1.807) is 0 Å². The van der Waals surface area contributed by atoms with E-state index in [1.807, 2.05) is 6.92 Å². The number of nitro groups is 1. The number of hydrogen-bond donors (Lipinski definition) is 2. The first kappa shape index (κ1) is 16.5. The van der Waals surface area contributed by atoms with Crippen molar-refractivity contribution in [3.8, 4) is 0 Å². The van der Waals surface area contributed by atoms with E-state index in [0.717, 1.165) is 37.6 Å². The van der Waals surface area contributed by atoms with Crippen molar-refractivity contribution in [3.63, 3.8) is 0 Å². The van der Waals surface area contributed by atoms with E-state index in [-0.39, 0.29) is 18.2 Å². The van der Waals surface area contributed by atoms with Gasteiger partial charge in [-0.25, -0.2) is 4.98 Å². The molecular weight excluding hydrogens is 314 g/mol. The van der Waals surface area contributed by atoms with Crippen LogP contribution in [-0.2, 0) is 6.54 Å². The van der Waals surface area contributed by atoms with Crippen molar-refractivity contribution in [1.82, 2.24) is 29.9 Å². The van der Waals surface area contributed by atoms with Crippen molar-refractivity contribution in [2.45, 2.75) is 38.3 Å². The molecule has 130 valence electrons. The second kappa shape index (κ2) is 7.05. The van der Waals surface area contributed by atoms with Crippen LogP contribution in [0.3, 0.4) is 0 Å². The van der Waals surface area contributed by atoms with Gasteiger partial charge < -0.3 is 5.11 Å². The number of β-amino-alcohol motifs (C(OH)–C–C–N with tert-alkyl or cyclic N) is 1. The summed E-state index contributed by atoms with van der Waals surface area (Å²) in [6.07, 6.45) is 3.94. The Labute approximate surface area is 138 Å². The lowest BCUT2D eigenvalue weighted by Gasteiger charge is -2.32. The van der Waals surface area contributed by atoms with Gasteiger partial charge in [0.1, 0.15) is 18.2 Å². The van der Waals surface area contributed by atoms with Crippen molar-refractivity contribution in [2.75, 3.05) is 19.6 Å². The molecule has 2 unspecified atom stereocenters. The van der Waals surface area contributed by atoms with Crippen LogP contribution in [0, 0.1) is 17.0 Å². The summed E-state index contributed by atoms with van der Waals surface area (Å²) in [5.41, 5.74) is -0.0692. The predicted octanol–water partition coefficient (Wildman–Crippen LogP) is 0.458. The second-order valence-corrected chi connectivity index (χ2v) is 6.21. The highest BCUT2D eigenvalue weighted by molar-refractivity contribution is 5.20. The monoisotopic (exact) mass is 335 g/mol. The number of likely N-dealkylation sites (tertiary alicyclic amines) is 1. The van der Waals surface area contributed by atoms with Gasteiger partial charge in [0.2, 0.25) is 0 Å². The van der Waals surface area contributed by atoms with E-state index in [4.69, 9.17) is 0 Å². The topological polar surface area (TPSA) is 126 Å². The summed E-state index contributed by atoms with van der Waals surface area (Å²) < 4.78 is 1.41. The van der Waals surface area contributed by atoms with Crippen molar-refractivity contribution >= 4 is 5.69 Å². The number of aryl methyl sites for hydroxylation is 1. The smallest absolute Gasteiger partial charge is 0.306 e. The number of aliphatic hydroxyl groups excluding tert-OH is 1. The van der Waals surface area contributed by atoms with Crippen LogP contribution in [0.2, 0.25) is 0 Å². The molecule has 10 nitrogen and oxygen atoms in total. The molecule has 0 bridgehead atoms. The first-order valence-electron chi connectivity index (χ1n) is 7.97. The van der Waals surface area contributed by atoms with E-state index in [2.05, 4.69) is 25.2 Å². The van der Waals surface area contributed by atoms with Crippen molar-refractivity contribution in [2.24, 2.45) is 0 Å². The molecule has 2 aromatic heterocycles. The largest absolute Gasteiger partial charge is 0.390 e. The summed E-state index contributed by atoms with van der Waals surface area (Å²) in [6, 6.07) is 0. The van der Waals surface area contributed by atoms with Gasteiger partial charge in [0, 0.05) is 19.0 Å². The molecule has 1 fully saturated rings. The Kier molecular flexibility index (Phi) is 4.86. The lowest BCUT2D eigenvalue weighted by Crippen LogP contribution is -2.41. The maximum Gasteiger partial charge on any atom is 0.306 e. The average molecular weight is 335 g/mol. The van der Waals surface area contributed by atoms with Gasteiger partial charge in [0.25, 0.3) is 0 Å². The van der Waals surface area contributed by atoms with Crippen molar-refractivity contribution < 1.29 is 10.0 Å². The lowest BCUT2D eigenvalue weighted by molar-refractivity contribution is -0.385. The quantitative estimate of drug-likeness (QED) is 0.580. The summed E-state index contributed by atoms with van der Waals surface area (Å²) in [5.74, 6) is 1.90. The SMILES string of the molecule is Cc1nc(C2CCCN(CC(O)Cn3cc([N+](=O)[O-])cn3)C2)n[nH]1. The summed E-state index contributed by atoms with van der Waals surface area (Å²) in [6.45, 7) is 4.32. The van der Waals surface area contributed by atoms with Gasteiger partial charge in [0.15, 0.2) is 5.82 Å². The fraction of sp³-hybridized carbons (Fsp3) is 0.643. The average Bonchev–Trinajstić information content (AvgIpc) is 3.16. The molecule has 2 N–H and O–H groups in total. The standard InChI is InChI=1S/C14H21N7O3/c1-10-16-14(18-17-10)11-3-2-4-19(6-11)8-13(22)9-20-7-12(5-15-20)21(23)24/h5,7,11,13,22H,2-4,6,8-9H2,1H3,(H,16,17,18). The first-order valence-corrected chi connectivity index (χ1v) is 7.97. The van der Waals surface area contributed by atoms with Crippen LogP contribution in [0.5, 0.6) is 0 Å². The maximum absolute atomic E-state index is 10.7. The summed E-state index contributed by atoms with van der Waals surface area (Å²) in [7, 11) is 0. The van der Waals surface area contributed by atoms with Crippen LogP contribution >= 0.6 is 0 Å². The minimum Gasteiger partial charge on any atom is -0.390 e. The first-order chi connectivity index (χ1) is 11.5. The third-order valence-electron chi connectivity index (χ3n) is 4.18. The van der Waals surface area contributed by atoms with Gasteiger partial charge in [-0.2, -0.15) is 10.2 Å². The molecule has 24 heavy (non-hydrogen) atoms. The summed E-state index contributed by atoms with van der Waals surface area (Å²) >= 11 is 0. The van der Waals surface area contributed by atoms with Gasteiger partial charge in [-0.05, 0) is 26.3 Å². The molecule has 2 aromatic rings. The molecule has 10 heteroatoms. The minimum absolute atomic E-state index is 0.0692. The molecule has 1 aliphatic heterocycles. The van der Waals surface area contributed by atoms with Crippen LogP contribution in [0.1, 0.15) is 30.4 Å². The Balaban J connectivity index is 1.53. The van der Waals surface area contributed by atoms with Gasteiger partial charge in [-0.3, -0.25) is 24.8 Å². The zero-order valence-corrected chi connectivity index (χ0v) is 13.5. The van der Waals surface area contributed by atoms with Crippen LogP contribution in [0.4, 0.5) is 5.69 Å². The Hall–Kier alpha value is -2.33. The van der Waals surface area contributed by atoms with E-state index in [9.17, 15) is 15.2 Å². The van der Waals surface area contributed by atoms with Crippen LogP contribution in [0.15, 0.2) is 12.4 Å². The molecule has 0 radical (unpaired) electrons. The highest BCUT2D eigenvalue weighted by Gasteiger charge is 2.25. The summed E-state index contributed by atoms with van der Waals surface area (Å²) in [5, 5.41) is 31.9. The molecule has 0 amide bonds. The molecular formula is C14H21N7O3. The molecule has 0 saturated carbocycles. The highest BCUT2D eigenvalue weighted by atomic mass is 16.6. The maximum atomic E-state index is 10.7. The molecule has 2 atom stereocenters. The number of aromatic amines is 1. The molecule has 3 rings (SSSR count). The number of H-pyrrole nitrogens is 1. The number of hydrogen-bond acceptors (Lipinski definition) is 7. The van der Waals surface area contributed by atoms with Gasteiger partial charge >= 0.3 is 5.69 Å². The number of nitrogens with zero attached hydrogens (tertiary/aromatic N) is 6. The zero-order valence-electron chi connectivity index (χ0n) is 13.5. The lowest BCUT2D eigenvalue weighted by atomic mass is 9.97. The van der Waals surface area contributed by atoms with Crippen LogP contribution < -0.4 is 0 Å². The fourth-order valence-corrected chi connectivity index (χ4v) is 3.09. The zero-order chi connectivity index (χ0) is 17.1. The van der Waals surface area contributed by atoms with E-state index in [0.29, 0.717) is 6.54 Å². The fourth-order valence-electron chi connectivity index (χ4n) is 3.09. The van der Waals surface area contributed by atoms with Crippen LogP contribution in [-0.4, -0.2) is 65.6 Å². The molecule has 0 spiro atoms. The molecule has 1 aliphatic rings. The number of nitrogens with one attached hydrogen (secondary N) is 1. The third kappa shape index (κ3) is 3.95. The minimum atomic E-state index is -0.642. The van der Waals surface area contributed by atoms with Gasteiger partial charge in [0.05, 0.1) is 17.6 Å². The van der Waals surface area contributed by atoms with Crippen molar-refractivity contribution in [1.29, 1.82) is 0 Å². The van der Waals surface area contributed by atoms with Crippen LogP contribution in [0.25, 0.3) is 0 Å². The van der Waals surface area contributed by atoms with Crippen molar-refractivity contribution in [3.05, 3.63) is 34.2 Å². The Morgan fingerprint density at radius 1 is 1.54 bits per heavy atom. The normalized spacial score (nSPS) is 20.2. The molecule has 0 aromatic carbocycles. The third-order valence-corrected chi connectivity index (χ3v) is 4.18. The summed E-state index contributed by atoms with van der Waals surface area (Å²) in [4.78, 5) is 16.7. The number of aliphatic hydroxyl groups is 1. The number of rotatable bonds is 6. The molecule has 1 saturated heterocycles. The van der Waals surface area contributed by atoms with E-state index >= 15 is 0 Å². The Morgan fingerprint density at radius 3 is 3.04 bits per heavy atom. The van der Waals surface area contributed by atoms with Gasteiger partial charge in [-0.1, -0.05) is 0 Å². The number of aromatic nitrogens is 5. The molecule has 3 heterocycles. The van der Waals surface area contributed by atoms with E-state index < -0.39 is 11.0 Å².